The fourth-order valence-electron chi connectivity index (χ4n) is 8.01. The molecule has 0 unspecified atom stereocenters. The Bertz CT molecular complexity index is 1110. The molecule has 6 aliphatic carbocycles. The maximum Gasteiger partial charge on any atom is 0.318 e. The molecule has 10 heteroatoms. The van der Waals surface area contributed by atoms with E-state index in [0.717, 1.165) is 0 Å². The average molecular weight is 434 g/mol. The van der Waals surface area contributed by atoms with Gasteiger partial charge in [0.15, 0.2) is 0 Å². The molecule has 0 spiro atoms. The van der Waals surface area contributed by atoms with Gasteiger partial charge >= 0.3 is 11.9 Å². The number of benzene rings is 2. The number of carbonyl (C=O) groups excluding carboxylic acids is 2. The second kappa shape index (κ2) is 5.14. The maximum atomic E-state index is 12.9. The van der Waals surface area contributed by atoms with E-state index in [1.165, 1.54) is 48.5 Å². The summed E-state index contributed by atoms with van der Waals surface area (Å²) in [5, 5.41) is 21.5. The second-order valence-corrected chi connectivity index (χ2v) is 9.30. The predicted molar refractivity (Wildman–Crippen MR) is 103 cm³/mol. The van der Waals surface area contributed by atoms with Crippen LogP contribution in [0.15, 0.2) is 48.5 Å². The van der Waals surface area contributed by atoms with Gasteiger partial charge in [0.2, 0.25) is 0 Å². The van der Waals surface area contributed by atoms with Gasteiger partial charge in [0.05, 0.1) is 20.7 Å². The van der Waals surface area contributed by atoms with E-state index >= 15 is 0 Å². The summed E-state index contributed by atoms with van der Waals surface area (Å²) in [6, 6.07) is 10.9. The summed E-state index contributed by atoms with van der Waals surface area (Å²) in [6.07, 6.45) is 0. The molecule has 0 aliphatic heterocycles. The lowest BCUT2D eigenvalue weighted by atomic mass is 8.92. The number of ether oxygens (including phenoxy) is 2. The van der Waals surface area contributed by atoms with Crippen molar-refractivity contribution in [1.82, 2.24) is 0 Å². The van der Waals surface area contributed by atoms with Gasteiger partial charge in [-0.25, -0.2) is 0 Å². The molecule has 6 aliphatic rings. The maximum absolute atomic E-state index is 12.9. The van der Waals surface area contributed by atoms with Crippen molar-refractivity contribution in [1.29, 1.82) is 0 Å². The molecule has 2 aromatic rings. The van der Waals surface area contributed by atoms with Crippen LogP contribution < -0.4 is 9.47 Å². The molecule has 0 heterocycles. The van der Waals surface area contributed by atoms with E-state index in [2.05, 4.69) is 0 Å². The largest absolute Gasteiger partial charge is 0.426 e. The first-order valence-corrected chi connectivity index (χ1v) is 10.3. The molecule has 6 saturated carbocycles. The first-order chi connectivity index (χ1) is 15.3. The molecule has 2 aromatic carbocycles. The average Bonchev–Trinajstić information content (AvgIpc) is 2.79. The highest BCUT2D eigenvalue weighted by Crippen LogP contribution is 3.10. The topological polar surface area (TPSA) is 139 Å². The highest BCUT2D eigenvalue weighted by atomic mass is 16.6. The third kappa shape index (κ3) is 1.53. The van der Waals surface area contributed by atoms with Crippen molar-refractivity contribution in [3.05, 3.63) is 68.8 Å². The van der Waals surface area contributed by atoms with E-state index in [0.29, 0.717) is 0 Å². The fraction of sp³-hybridized carbons (Fsp3) is 0.364. The number of nitrogens with zero attached hydrogens (tertiary/aromatic N) is 2. The molecule has 0 N–H and O–H groups in total. The van der Waals surface area contributed by atoms with Gasteiger partial charge in [0.25, 0.3) is 11.4 Å². The van der Waals surface area contributed by atoms with E-state index < -0.39 is 20.7 Å². The van der Waals surface area contributed by atoms with Crippen LogP contribution in [0.4, 0.5) is 11.4 Å². The third-order valence-electron chi connectivity index (χ3n) is 8.85. The molecule has 0 saturated heterocycles. The SMILES string of the molecule is O=C(Oc1ccc([N+](=O)[O-])cc1)C12C3C4C1C1C2C3C41C(=O)Oc1ccc([N+](=O)[O-])cc1. The fourth-order valence-corrected chi connectivity index (χ4v) is 8.01. The van der Waals surface area contributed by atoms with Crippen LogP contribution in [0.2, 0.25) is 0 Å². The van der Waals surface area contributed by atoms with Crippen LogP contribution in [0.3, 0.4) is 0 Å². The Balaban J connectivity index is 1.04. The first kappa shape index (κ1) is 17.8. The van der Waals surface area contributed by atoms with Crippen LogP contribution >= 0.6 is 0 Å². The van der Waals surface area contributed by atoms with Crippen LogP contribution in [0.5, 0.6) is 11.5 Å². The number of rotatable bonds is 6. The number of nitro benzene ring substituents is 2. The lowest BCUT2D eigenvalue weighted by molar-refractivity contribution is -0.627. The highest BCUT2D eigenvalue weighted by Gasteiger charge is 3.13. The standard InChI is InChI=1S/C22H14N2O8/c25-19(31-11-5-1-9(2-6-11)23(27)28)21-13-16-14(21)18-15(21)17(13)22(16,18)20(26)32-12-7-3-10(4-8-12)24(29)30/h1-8,13-18H. The van der Waals surface area contributed by atoms with E-state index in [1.807, 2.05) is 0 Å². The van der Waals surface area contributed by atoms with Crippen LogP contribution in [0, 0.1) is 66.6 Å². The van der Waals surface area contributed by atoms with Crippen molar-refractivity contribution in [2.45, 2.75) is 0 Å². The summed E-state index contributed by atoms with van der Waals surface area (Å²) in [4.78, 5) is 46.4. The van der Waals surface area contributed by atoms with Gasteiger partial charge in [-0.3, -0.25) is 29.8 Å². The van der Waals surface area contributed by atoms with Gasteiger partial charge in [0.1, 0.15) is 11.5 Å². The minimum absolute atomic E-state index is 0.0743. The molecule has 8 rings (SSSR count). The minimum Gasteiger partial charge on any atom is -0.426 e. The minimum atomic E-state index is -0.515. The summed E-state index contributed by atoms with van der Waals surface area (Å²) in [5.74, 6) is 0.780. The lowest BCUT2D eigenvalue weighted by Crippen LogP contribution is -3.12. The molecule has 10 nitrogen and oxygen atoms in total. The van der Waals surface area contributed by atoms with Crippen molar-refractivity contribution in [3.63, 3.8) is 0 Å². The molecule has 0 radical (unpaired) electrons. The number of hydrogen-bond donors (Lipinski definition) is 0. The van der Waals surface area contributed by atoms with Gasteiger partial charge in [-0.05, 0) is 59.8 Å². The van der Waals surface area contributed by atoms with Crippen LogP contribution in [-0.4, -0.2) is 21.8 Å². The summed E-state index contributed by atoms with van der Waals surface area (Å²) < 4.78 is 11.1. The van der Waals surface area contributed by atoms with Crippen LogP contribution in [0.1, 0.15) is 0 Å². The molecular weight excluding hydrogens is 420 g/mol. The number of hydrogen-bond acceptors (Lipinski definition) is 8. The molecule has 0 atom stereocenters. The normalized spacial score (nSPS) is 39.6. The molecule has 0 bridgehead atoms. The van der Waals surface area contributed by atoms with Crippen LogP contribution in [0.25, 0.3) is 0 Å². The van der Waals surface area contributed by atoms with E-state index in [9.17, 15) is 29.8 Å². The lowest BCUT2D eigenvalue weighted by Gasteiger charge is -3.08. The van der Waals surface area contributed by atoms with Gasteiger partial charge in [0, 0.05) is 24.3 Å². The number of non-ortho nitro benzene ring substituents is 2. The van der Waals surface area contributed by atoms with Crippen molar-refractivity contribution in [2.75, 3.05) is 0 Å². The smallest absolute Gasteiger partial charge is 0.318 e. The molecule has 0 aromatic heterocycles. The summed E-state index contributed by atoms with van der Waals surface area (Å²) in [6.45, 7) is 0. The molecule has 0 amide bonds. The number of carbonyl (C=O) groups is 2. The second-order valence-electron chi connectivity index (χ2n) is 9.30. The monoisotopic (exact) mass is 434 g/mol. The Labute approximate surface area is 179 Å². The molecule has 160 valence electrons. The summed E-state index contributed by atoms with van der Waals surface area (Å²) >= 11 is 0. The van der Waals surface area contributed by atoms with Crippen LogP contribution in [-0.2, 0) is 9.59 Å². The van der Waals surface area contributed by atoms with Gasteiger partial charge < -0.3 is 9.47 Å². The molecule has 6 fully saturated rings. The van der Waals surface area contributed by atoms with Gasteiger partial charge in [-0.1, -0.05) is 0 Å². The summed E-state index contributed by atoms with van der Waals surface area (Å²) in [5.41, 5.74) is -1.15. The summed E-state index contributed by atoms with van der Waals surface area (Å²) in [7, 11) is 0. The molecule has 32 heavy (non-hydrogen) atoms. The van der Waals surface area contributed by atoms with Crippen molar-refractivity contribution in [2.24, 2.45) is 46.3 Å². The Morgan fingerprint density at radius 1 is 0.625 bits per heavy atom. The van der Waals surface area contributed by atoms with Crippen molar-refractivity contribution < 1.29 is 28.9 Å². The number of esters is 2. The Kier molecular flexibility index (Phi) is 2.86. The Morgan fingerprint density at radius 2 is 0.906 bits per heavy atom. The molecular formula is C22H14N2O8. The number of nitro groups is 2. The zero-order valence-corrected chi connectivity index (χ0v) is 16.2. The first-order valence-electron chi connectivity index (χ1n) is 10.3. The predicted octanol–water partition coefficient (Wildman–Crippen LogP) is 2.75. The van der Waals surface area contributed by atoms with Crippen molar-refractivity contribution in [3.8, 4) is 11.5 Å². The van der Waals surface area contributed by atoms with E-state index in [1.54, 1.807) is 0 Å². The Morgan fingerprint density at radius 3 is 1.16 bits per heavy atom. The van der Waals surface area contributed by atoms with Gasteiger partial charge in [-0.15, -0.1) is 0 Å². The zero-order chi connectivity index (χ0) is 22.2. The quantitative estimate of drug-likeness (QED) is 0.293. The van der Waals surface area contributed by atoms with Crippen molar-refractivity contribution >= 4 is 23.3 Å². The van der Waals surface area contributed by atoms with E-state index in [-0.39, 0.29) is 70.3 Å². The van der Waals surface area contributed by atoms with E-state index in [4.69, 9.17) is 9.47 Å². The third-order valence-corrected chi connectivity index (χ3v) is 8.85. The highest BCUT2D eigenvalue weighted by molar-refractivity contribution is 5.98. The zero-order valence-electron chi connectivity index (χ0n) is 16.2. The van der Waals surface area contributed by atoms with Gasteiger partial charge in [-0.2, -0.15) is 0 Å². The Hall–Kier alpha value is -3.82.